The van der Waals surface area contributed by atoms with E-state index in [1.807, 2.05) is 6.92 Å². The first-order chi connectivity index (χ1) is 5.87. The van der Waals surface area contributed by atoms with E-state index in [4.69, 9.17) is 4.74 Å². The van der Waals surface area contributed by atoms with E-state index in [1.165, 1.54) is 4.90 Å². The maximum absolute atomic E-state index is 11.3. The van der Waals surface area contributed by atoms with E-state index in [1.54, 1.807) is 20.8 Å². The average Bonchev–Trinajstić information content (AvgIpc) is 2.57. The molecule has 13 heavy (non-hydrogen) atoms. The topological polar surface area (TPSA) is 46.4 Å². The summed E-state index contributed by atoms with van der Waals surface area (Å²) in [5.74, 6) is 0. The van der Waals surface area contributed by atoms with Crippen LogP contribution in [0, 0.1) is 0 Å². The molecule has 0 saturated carbocycles. The highest BCUT2D eigenvalue weighted by atomic mass is 16.6. The van der Waals surface area contributed by atoms with Crippen molar-refractivity contribution >= 4 is 12.4 Å². The Labute approximate surface area is 77.8 Å². The summed E-state index contributed by atoms with van der Waals surface area (Å²) in [5.41, 5.74) is -0.493. The first-order valence-corrected chi connectivity index (χ1v) is 4.33. The SMILES string of the molecule is C[C@H]1[C@@H](C=O)N1C(=O)OC(C)(C)C. The highest BCUT2D eigenvalue weighted by Crippen LogP contribution is 2.28. The van der Waals surface area contributed by atoms with Crippen LogP contribution in [0.15, 0.2) is 0 Å². The van der Waals surface area contributed by atoms with Crippen LogP contribution in [0.4, 0.5) is 4.79 Å². The minimum atomic E-state index is -0.493. The number of carbonyl (C=O) groups excluding carboxylic acids is 2. The first kappa shape index (κ1) is 10.0. The lowest BCUT2D eigenvalue weighted by Crippen LogP contribution is -2.28. The van der Waals surface area contributed by atoms with Gasteiger partial charge in [0.05, 0.1) is 6.04 Å². The first-order valence-electron chi connectivity index (χ1n) is 4.33. The maximum Gasteiger partial charge on any atom is 0.411 e. The molecule has 2 atom stereocenters. The molecule has 1 saturated heterocycles. The summed E-state index contributed by atoms with van der Waals surface area (Å²) in [7, 11) is 0. The second-order valence-electron chi connectivity index (χ2n) is 4.25. The monoisotopic (exact) mass is 185 g/mol. The molecule has 0 unspecified atom stereocenters. The smallest absolute Gasteiger partial charge is 0.411 e. The highest BCUT2D eigenvalue weighted by molar-refractivity contribution is 5.80. The number of rotatable bonds is 1. The van der Waals surface area contributed by atoms with E-state index in [0.717, 1.165) is 6.29 Å². The predicted octanol–water partition coefficient (Wildman–Crippen LogP) is 1.19. The summed E-state index contributed by atoms with van der Waals surface area (Å²) < 4.78 is 5.09. The van der Waals surface area contributed by atoms with Gasteiger partial charge in [0.2, 0.25) is 0 Å². The normalized spacial score (nSPS) is 26.9. The Morgan fingerprint density at radius 1 is 1.46 bits per heavy atom. The van der Waals surface area contributed by atoms with Gasteiger partial charge in [-0.25, -0.2) is 4.79 Å². The molecule has 0 aromatic heterocycles. The Hall–Kier alpha value is -1.06. The molecule has 0 aromatic carbocycles. The summed E-state index contributed by atoms with van der Waals surface area (Å²) in [5, 5.41) is 0. The maximum atomic E-state index is 11.3. The van der Waals surface area contributed by atoms with Gasteiger partial charge in [-0.2, -0.15) is 0 Å². The van der Waals surface area contributed by atoms with Crippen molar-refractivity contribution in [1.82, 2.24) is 4.90 Å². The number of nitrogens with zero attached hydrogens (tertiary/aromatic N) is 1. The molecular weight excluding hydrogens is 170 g/mol. The molecule has 1 heterocycles. The fraction of sp³-hybridized carbons (Fsp3) is 0.778. The van der Waals surface area contributed by atoms with E-state index in [2.05, 4.69) is 0 Å². The molecule has 4 nitrogen and oxygen atoms in total. The highest BCUT2D eigenvalue weighted by Gasteiger charge is 2.49. The molecule has 1 rings (SSSR count). The van der Waals surface area contributed by atoms with Crippen LogP contribution in [0.3, 0.4) is 0 Å². The number of hydrogen-bond acceptors (Lipinski definition) is 3. The number of carbonyl (C=O) groups is 2. The lowest BCUT2D eigenvalue weighted by atomic mass is 10.2. The Bertz CT molecular complexity index is 232. The van der Waals surface area contributed by atoms with Crippen LogP contribution in [-0.4, -0.2) is 35.0 Å². The molecule has 74 valence electrons. The standard InChI is InChI=1S/C9H15NO3/c1-6-7(5-11)10(6)8(12)13-9(2,3)4/h5-7H,1-4H3/t6-,7+,10?/m0/s1. The van der Waals surface area contributed by atoms with E-state index in [0.29, 0.717) is 0 Å². The number of aldehydes is 1. The van der Waals surface area contributed by atoms with Crippen LogP contribution in [0.5, 0.6) is 0 Å². The van der Waals surface area contributed by atoms with Crippen LogP contribution in [-0.2, 0) is 9.53 Å². The average molecular weight is 185 g/mol. The van der Waals surface area contributed by atoms with Crippen molar-refractivity contribution in [2.45, 2.75) is 45.4 Å². The van der Waals surface area contributed by atoms with Gasteiger partial charge in [-0.1, -0.05) is 0 Å². The van der Waals surface area contributed by atoms with Gasteiger partial charge in [0.15, 0.2) is 0 Å². The van der Waals surface area contributed by atoms with Gasteiger partial charge >= 0.3 is 6.09 Å². The largest absolute Gasteiger partial charge is 0.444 e. The Morgan fingerprint density at radius 3 is 2.31 bits per heavy atom. The lowest BCUT2D eigenvalue weighted by Gasteiger charge is -2.19. The molecule has 0 N–H and O–H groups in total. The van der Waals surface area contributed by atoms with E-state index in [9.17, 15) is 9.59 Å². The molecular formula is C9H15NO3. The van der Waals surface area contributed by atoms with E-state index >= 15 is 0 Å². The van der Waals surface area contributed by atoms with Gasteiger partial charge in [0, 0.05) is 0 Å². The van der Waals surface area contributed by atoms with Gasteiger partial charge in [0.25, 0.3) is 0 Å². The van der Waals surface area contributed by atoms with E-state index < -0.39 is 11.7 Å². The number of hydrogen-bond donors (Lipinski definition) is 0. The van der Waals surface area contributed by atoms with Crippen LogP contribution in [0.2, 0.25) is 0 Å². The van der Waals surface area contributed by atoms with Crippen LogP contribution < -0.4 is 0 Å². The van der Waals surface area contributed by atoms with Crippen molar-refractivity contribution in [3.63, 3.8) is 0 Å². The lowest BCUT2D eigenvalue weighted by molar-refractivity contribution is -0.108. The predicted molar refractivity (Wildman–Crippen MR) is 47.4 cm³/mol. The fourth-order valence-electron chi connectivity index (χ4n) is 1.15. The number of amides is 1. The summed E-state index contributed by atoms with van der Waals surface area (Å²) in [4.78, 5) is 23.2. The second-order valence-corrected chi connectivity index (χ2v) is 4.25. The summed E-state index contributed by atoms with van der Waals surface area (Å²) >= 11 is 0. The van der Waals surface area contributed by atoms with Gasteiger partial charge < -0.3 is 9.53 Å². The van der Waals surface area contributed by atoms with Crippen molar-refractivity contribution in [3.05, 3.63) is 0 Å². The van der Waals surface area contributed by atoms with Gasteiger partial charge in [-0.05, 0) is 27.7 Å². The molecule has 1 aliphatic rings. The fourth-order valence-corrected chi connectivity index (χ4v) is 1.15. The zero-order chi connectivity index (χ0) is 10.2. The molecule has 4 heteroatoms. The summed E-state index contributed by atoms with van der Waals surface area (Å²) in [6.07, 6.45) is 0.367. The second kappa shape index (κ2) is 3.01. The van der Waals surface area contributed by atoms with Crippen LogP contribution >= 0.6 is 0 Å². The van der Waals surface area contributed by atoms with Crippen molar-refractivity contribution in [3.8, 4) is 0 Å². The molecule has 0 radical (unpaired) electrons. The third-order valence-electron chi connectivity index (χ3n) is 1.91. The molecule has 0 spiro atoms. The van der Waals surface area contributed by atoms with Crippen molar-refractivity contribution < 1.29 is 14.3 Å². The molecule has 1 amide bonds. The van der Waals surface area contributed by atoms with Gasteiger partial charge in [-0.15, -0.1) is 0 Å². The Kier molecular flexibility index (Phi) is 2.32. The summed E-state index contributed by atoms with van der Waals surface area (Å²) in [6, 6.07) is -0.290. The molecule has 0 aromatic rings. The zero-order valence-corrected chi connectivity index (χ0v) is 8.40. The zero-order valence-electron chi connectivity index (χ0n) is 8.40. The van der Waals surface area contributed by atoms with Crippen molar-refractivity contribution in [2.24, 2.45) is 0 Å². The molecule has 0 bridgehead atoms. The van der Waals surface area contributed by atoms with Crippen molar-refractivity contribution in [1.29, 1.82) is 0 Å². The minimum absolute atomic E-state index is 0.00708. The van der Waals surface area contributed by atoms with E-state index in [-0.39, 0.29) is 12.1 Å². The molecule has 1 aliphatic heterocycles. The Morgan fingerprint density at radius 2 is 2.00 bits per heavy atom. The summed E-state index contributed by atoms with van der Waals surface area (Å²) in [6.45, 7) is 7.22. The van der Waals surface area contributed by atoms with Gasteiger partial charge in [0.1, 0.15) is 17.9 Å². The number of ether oxygens (including phenoxy) is 1. The van der Waals surface area contributed by atoms with Gasteiger partial charge in [-0.3, -0.25) is 4.90 Å². The Balaban J connectivity index is 2.48. The van der Waals surface area contributed by atoms with Crippen LogP contribution in [0.25, 0.3) is 0 Å². The minimum Gasteiger partial charge on any atom is -0.444 e. The molecule has 1 fully saturated rings. The third-order valence-corrected chi connectivity index (χ3v) is 1.91. The van der Waals surface area contributed by atoms with Crippen LogP contribution in [0.1, 0.15) is 27.7 Å². The van der Waals surface area contributed by atoms with Crippen molar-refractivity contribution in [2.75, 3.05) is 0 Å². The molecule has 0 aliphatic carbocycles. The quantitative estimate of drug-likeness (QED) is 0.455. The third kappa shape index (κ3) is 2.20.